The van der Waals surface area contributed by atoms with Gasteiger partial charge in [-0.2, -0.15) is 0 Å². The van der Waals surface area contributed by atoms with Gasteiger partial charge in [-0.25, -0.2) is 12.8 Å². The van der Waals surface area contributed by atoms with Crippen molar-refractivity contribution in [3.8, 4) is 0 Å². The molecule has 0 spiro atoms. The van der Waals surface area contributed by atoms with Gasteiger partial charge in [-0.3, -0.25) is 4.79 Å². The van der Waals surface area contributed by atoms with E-state index in [9.17, 15) is 17.6 Å². The molecule has 1 atom stereocenters. The van der Waals surface area contributed by atoms with E-state index in [1.54, 1.807) is 17.5 Å². The largest absolute Gasteiger partial charge is 0.351 e. The highest BCUT2D eigenvalue weighted by Gasteiger charge is 2.30. The predicted molar refractivity (Wildman–Crippen MR) is 109 cm³/mol. The summed E-state index contributed by atoms with van der Waals surface area (Å²) in [4.78, 5) is 12.2. The van der Waals surface area contributed by atoms with Crippen molar-refractivity contribution in [3.63, 3.8) is 0 Å². The number of benzene rings is 2. The zero-order valence-electron chi connectivity index (χ0n) is 14.8. The van der Waals surface area contributed by atoms with Crippen LogP contribution in [0.25, 0.3) is 6.08 Å². The van der Waals surface area contributed by atoms with Crippen LogP contribution in [0.5, 0.6) is 0 Å². The van der Waals surface area contributed by atoms with Gasteiger partial charge < -0.3 is 5.32 Å². The molecule has 0 fully saturated rings. The molecule has 0 radical (unpaired) electrons. The maximum Gasteiger partial charge on any atom is 0.244 e. The van der Waals surface area contributed by atoms with E-state index in [4.69, 9.17) is 0 Å². The number of thiophene rings is 1. The highest BCUT2D eigenvalue weighted by Crippen LogP contribution is 2.31. The van der Waals surface area contributed by atoms with Gasteiger partial charge in [0, 0.05) is 12.6 Å². The third-order valence-electron chi connectivity index (χ3n) is 4.08. The second-order valence-corrected chi connectivity index (χ2v) is 9.31. The molecular weight excluding hydrogens is 397 g/mol. The molecule has 0 saturated heterocycles. The van der Waals surface area contributed by atoms with Crippen LogP contribution in [0.1, 0.15) is 16.4 Å². The zero-order valence-corrected chi connectivity index (χ0v) is 16.4. The summed E-state index contributed by atoms with van der Waals surface area (Å²) in [6, 6.07) is 17.7. The quantitative estimate of drug-likeness (QED) is 0.588. The van der Waals surface area contributed by atoms with Gasteiger partial charge in [0.2, 0.25) is 5.91 Å². The van der Waals surface area contributed by atoms with E-state index in [2.05, 4.69) is 5.32 Å². The first-order chi connectivity index (χ1) is 13.5. The normalized spacial score (nSPS) is 12.8. The third-order valence-corrected chi connectivity index (χ3v) is 7.61. The molecule has 0 aliphatic rings. The molecule has 3 rings (SSSR count). The first kappa shape index (κ1) is 20.0. The molecule has 1 heterocycles. The fraction of sp³-hybridized carbons (Fsp3) is 0.0952. The average Bonchev–Trinajstić information content (AvgIpc) is 3.24. The van der Waals surface area contributed by atoms with Gasteiger partial charge >= 0.3 is 0 Å². The van der Waals surface area contributed by atoms with Gasteiger partial charge in [0.05, 0.1) is 0 Å². The smallest absolute Gasteiger partial charge is 0.244 e. The van der Waals surface area contributed by atoms with Crippen molar-refractivity contribution in [2.45, 2.75) is 9.46 Å². The highest BCUT2D eigenvalue weighted by atomic mass is 32.2. The third kappa shape index (κ3) is 4.94. The lowest BCUT2D eigenvalue weighted by molar-refractivity contribution is -0.116. The monoisotopic (exact) mass is 415 g/mol. The molecule has 2 aromatic carbocycles. The number of rotatable bonds is 7. The molecule has 0 saturated carbocycles. The van der Waals surface area contributed by atoms with E-state index in [0.29, 0.717) is 5.56 Å². The Bertz CT molecular complexity index is 1040. The minimum Gasteiger partial charge on any atom is -0.351 e. The SMILES string of the molecule is O=C(/C=C/c1ccccc1)NC[C@H](c1ccc(F)cc1)S(=O)(=O)c1cccs1. The van der Waals surface area contributed by atoms with E-state index in [1.807, 2.05) is 30.3 Å². The number of hydrogen-bond donors (Lipinski definition) is 1. The lowest BCUT2D eigenvalue weighted by Crippen LogP contribution is -2.30. The topological polar surface area (TPSA) is 63.2 Å². The van der Waals surface area contributed by atoms with Crippen LogP contribution in [0.4, 0.5) is 4.39 Å². The highest BCUT2D eigenvalue weighted by molar-refractivity contribution is 7.93. The second kappa shape index (κ2) is 8.95. The van der Waals surface area contributed by atoms with Crippen molar-refractivity contribution in [2.24, 2.45) is 0 Å². The van der Waals surface area contributed by atoms with Crippen LogP contribution in [0.3, 0.4) is 0 Å². The zero-order chi connectivity index (χ0) is 20.0. The Morgan fingerprint density at radius 3 is 2.39 bits per heavy atom. The summed E-state index contributed by atoms with van der Waals surface area (Å²) in [5.74, 6) is -0.858. The molecular formula is C21H18FNO3S2. The molecule has 0 unspecified atom stereocenters. The summed E-state index contributed by atoms with van der Waals surface area (Å²) in [6.45, 7) is -0.121. The van der Waals surface area contributed by atoms with Gasteiger partial charge in [0.15, 0.2) is 9.84 Å². The average molecular weight is 416 g/mol. The molecule has 144 valence electrons. The van der Waals surface area contributed by atoms with Crippen LogP contribution in [0.15, 0.2) is 82.4 Å². The fourth-order valence-electron chi connectivity index (χ4n) is 2.64. The van der Waals surface area contributed by atoms with Gasteiger partial charge in [0.25, 0.3) is 0 Å². The van der Waals surface area contributed by atoms with Crippen molar-refractivity contribution >= 4 is 33.2 Å². The van der Waals surface area contributed by atoms with Crippen LogP contribution < -0.4 is 5.32 Å². The molecule has 1 N–H and O–H groups in total. The molecule has 7 heteroatoms. The van der Waals surface area contributed by atoms with Crippen molar-refractivity contribution in [1.82, 2.24) is 5.32 Å². The predicted octanol–water partition coefficient (Wildman–Crippen LogP) is 4.23. The van der Waals surface area contributed by atoms with Crippen molar-refractivity contribution < 1.29 is 17.6 Å². The van der Waals surface area contributed by atoms with Crippen molar-refractivity contribution in [2.75, 3.05) is 6.54 Å². The maximum atomic E-state index is 13.3. The fourth-order valence-corrected chi connectivity index (χ4v) is 5.50. The van der Waals surface area contributed by atoms with E-state index in [0.717, 1.165) is 16.9 Å². The van der Waals surface area contributed by atoms with Crippen molar-refractivity contribution in [1.29, 1.82) is 0 Å². The Kier molecular flexibility index (Phi) is 6.38. The molecule has 0 aliphatic carbocycles. The van der Waals surface area contributed by atoms with Gasteiger partial charge in [-0.05, 0) is 40.8 Å². The minimum absolute atomic E-state index is 0.121. The van der Waals surface area contributed by atoms with Crippen LogP contribution in [0.2, 0.25) is 0 Å². The summed E-state index contributed by atoms with van der Waals surface area (Å²) >= 11 is 1.11. The maximum absolute atomic E-state index is 13.3. The Morgan fingerprint density at radius 1 is 1.04 bits per heavy atom. The van der Waals surface area contributed by atoms with Crippen LogP contribution in [0, 0.1) is 5.82 Å². The van der Waals surface area contributed by atoms with Crippen molar-refractivity contribution in [3.05, 3.63) is 95.1 Å². The Morgan fingerprint density at radius 2 is 1.75 bits per heavy atom. The van der Waals surface area contributed by atoms with E-state index < -0.39 is 26.8 Å². The summed E-state index contributed by atoms with van der Waals surface area (Å²) in [7, 11) is -3.73. The second-order valence-electron chi connectivity index (χ2n) is 6.01. The molecule has 3 aromatic rings. The molecule has 1 amide bonds. The Balaban J connectivity index is 1.79. The number of nitrogens with one attached hydrogen (secondary N) is 1. The van der Waals surface area contributed by atoms with E-state index >= 15 is 0 Å². The number of amides is 1. The number of halogens is 1. The van der Waals surface area contributed by atoms with Crippen LogP contribution in [-0.2, 0) is 14.6 Å². The van der Waals surface area contributed by atoms with Crippen LogP contribution >= 0.6 is 11.3 Å². The molecule has 0 aliphatic heterocycles. The summed E-state index contributed by atoms with van der Waals surface area (Å²) in [5.41, 5.74) is 1.28. The number of carbonyl (C=O) groups is 1. The Labute approximate surface area is 167 Å². The van der Waals surface area contributed by atoms with Gasteiger partial charge in [0.1, 0.15) is 15.3 Å². The summed E-state index contributed by atoms with van der Waals surface area (Å²) in [6.07, 6.45) is 3.00. The number of hydrogen-bond acceptors (Lipinski definition) is 4. The lowest BCUT2D eigenvalue weighted by atomic mass is 10.1. The van der Waals surface area contributed by atoms with Gasteiger partial charge in [-0.1, -0.05) is 48.5 Å². The minimum atomic E-state index is -3.73. The first-order valence-corrected chi connectivity index (χ1v) is 10.9. The van der Waals surface area contributed by atoms with E-state index in [1.165, 1.54) is 36.4 Å². The number of carbonyl (C=O) groups excluding carboxylic acids is 1. The molecule has 0 bridgehead atoms. The summed E-state index contributed by atoms with van der Waals surface area (Å²) in [5, 5.41) is 3.30. The molecule has 4 nitrogen and oxygen atoms in total. The number of sulfone groups is 1. The lowest BCUT2D eigenvalue weighted by Gasteiger charge is -2.17. The molecule has 28 heavy (non-hydrogen) atoms. The standard InChI is InChI=1S/C21H18FNO3S2/c22-18-11-9-17(10-12-18)19(28(25,26)21-7-4-14-27-21)15-23-20(24)13-8-16-5-2-1-3-6-16/h1-14,19H,15H2,(H,23,24)/b13-8+/t19-/m1/s1. The van der Waals surface area contributed by atoms with Gasteiger partial charge in [-0.15, -0.1) is 11.3 Å². The first-order valence-electron chi connectivity index (χ1n) is 8.50. The van der Waals surface area contributed by atoms with E-state index in [-0.39, 0.29) is 10.8 Å². The molecule has 1 aromatic heterocycles. The van der Waals surface area contributed by atoms with Crippen LogP contribution in [-0.4, -0.2) is 20.9 Å². The Hall–Kier alpha value is -2.77. The summed E-state index contributed by atoms with van der Waals surface area (Å²) < 4.78 is 39.5.